The quantitative estimate of drug-likeness (QED) is 0.0858. The van der Waals surface area contributed by atoms with E-state index in [9.17, 15) is 14.4 Å². The molecule has 1 atom stereocenters. The Labute approximate surface area is 311 Å². The first-order valence-corrected chi connectivity index (χ1v) is 18.2. The number of aryl methyl sites for hydroxylation is 2. The highest BCUT2D eigenvalue weighted by molar-refractivity contribution is 8.00. The van der Waals surface area contributed by atoms with Crippen LogP contribution in [0.15, 0.2) is 144 Å². The number of carbonyl (C=O) groups is 3. The summed E-state index contributed by atoms with van der Waals surface area (Å²) < 4.78 is 5.47. The molecule has 0 spiro atoms. The third kappa shape index (κ3) is 9.03. The minimum atomic E-state index is -0.572. The number of aromatic nitrogens is 1. The largest absolute Gasteiger partial charge is 0.496 e. The second kappa shape index (κ2) is 16.8. The lowest BCUT2D eigenvalue weighted by molar-refractivity contribution is -0.116. The van der Waals surface area contributed by atoms with Crippen molar-refractivity contribution in [2.75, 3.05) is 17.7 Å². The third-order valence-corrected chi connectivity index (χ3v) is 10.2. The summed E-state index contributed by atoms with van der Waals surface area (Å²) in [6, 6.07) is 40.9. The molecular weight excluding hydrogens is 689 g/mol. The van der Waals surface area contributed by atoms with Gasteiger partial charge in [-0.1, -0.05) is 96.6 Å². The fourth-order valence-electron chi connectivity index (χ4n) is 5.34. The summed E-state index contributed by atoms with van der Waals surface area (Å²) in [5, 5.41) is 8.66. The predicted octanol–water partition coefficient (Wildman–Crippen LogP) is 9.32. The molecular formula is C42H36N4O4S2. The van der Waals surface area contributed by atoms with Crippen LogP contribution in [0.4, 0.5) is 10.8 Å². The summed E-state index contributed by atoms with van der Waals surface area (Å²) in [7, 11) is 1.54. The van der Waals surface area contributed by atoms with Crippen LogP contribution >= 0.6 is 23.1 Å². The molecule has 6 rings (SSSR count). The second-order valence-electron chi connectivity index (χ2n) is 11.8. The van der Waals surface area contributed by atoms with Crippen molar-refractivity contribution in [2.24, 2.45) is 0 Å². The van der Waals surface area contributed by atoms with Crippen LogP contribution in [-0.4, -0.2) is 29.8 Å². The Balaban J connectivity index is 1.19. The minimum Gasteiger partial charge on any atom is -0.496 e. The Morgan fingerprint density at radius 1 is 0.769 bits per heavy atom. The number of thioether (sulfide) groups is 1. The number of amides is 3. The zero-order chi connectivity index (χ0) is 36.5. The van der Waals surface area contributed by atoms with E-state index in [4.69, 9.17) is 9.72 Å². The highest BCUT2D eigenvalue weighted by Gasteiger charge is 2.24. The van der Waals surface area contributed by atoms with Crippen molar-refractivity contribution in [1.82, 2.24) is 10.3 Å². The summed E-state index contributed by atoms with van der Waals surface area (Å²) in [5.41, 5.74) is 5.45. The molecule has 0 aliphatic heterocycles. The predicted molar refractivity (Wildman–Crippen MR) is 211 cm³/mol. The number of carbonyl (C=O) groups excluding carboxylic acids is 3. The Hall–Kier alpha value is -5.97. The van der Waals surface area contributed by atoms with E-state index in [2.05, 4.69) is 16.0 Å². The van der Waals surface area contributed by atoms with Crippen molar-refractivity contribution in [3.05, 3.63) is 166 Å². The average Bonchev–Trinajstić information content (AvgIpc) is 3.54. The van der Waals surface area contributed by atoms with Gasteiger partial charge in [0.15, 0.2) is 5.13 Å². The molecule has 6 aromatic rings. The van der Waals surface area contributed by atoms with E-state index in [0.717, 1.165) is 26.6 Å². The zero-order valence-electron chi connectivity index (χ0n) is 28.8. The van der Waals surface area contributed by atoms with Gasteiger partial charge >= 0.3 is 0 Å². The van der Waals surface area contributed by atoms with Gasteiger partial charge in [0, 0.05) is 32.2 Å². The zero-order valence-corrected chi connectivity index (χ0v) is 30.4. The van der Waals surface area contributed by atoms with Crippen LogP contribution in [0.2, 0.25) is 0 Å². The van der Waals surface area contributed by atoms with Gasteiger partial charge in [-0.3, -0.25) is 14.4 Å². The van der Waals surface area contributed by atoms with Gasteiger partial charge in [-0.05, 0) is 68.0 Å². The molecule has 0 aliphatic carbocycles. The molecule has 5 aromatic carbocycles. The number of hydrogen-bond acceptors (Lipinski definition) is 7. The molecule has 10 heteroatoms. The number of anilines is 2. The molecule has 0 saturated heterocycles. The maximum Gasteiger partial charge on any atom is 0.272 e. The molecule has 3 N–H and O–H groups in total. The molecule has 1 aromatic heterocycles. The first-order valence-electron chi connectivity index (χ1n) is 16.5. The van der Waals surface area contributed by atoms with Crippen LogP contribution < -0.4 is 20.7 Å². The maximum atomic E-state index is 13.8. The van der Waals surface area contributed by atoms with Crippen LogP contribution in [0.5, 0.6) is 5.75 Å². The van der Waals surface area contributed by atoms with E-state index in [1.807, 2.05) is 98.8 Å². The van der Waals surface area contributed by atoms with Gasteiger partial charge in [-0.2, -0.15) is 0 Å². The van der Waals surface area contributed by atoms with Crippen molar-refractivity contribution in [3.63, 3.8) is 0 Å². The molecule has 0 bridgehead atoms. The number of thiazole rings is 1. The van der Waals surface area contributed by atoms with Crippen molar-refractivity contribution in [2.45, 2.75) is 24.0 Å². The Kier molecular flexibility index (Phi) is 11.6. The Morgan fingerprint density at radius 2 is 1.42 bits per heavy atom. The number of nitrogens with one attached hydrogen (secondary N) is 3. The molecule has 0 aliphatic rings. The topological polar surface area (TPSA) is 109 Å². The maximum absolute atomic E-state index is 13.8. The lowest BCUT2D eigenvalue weighted by atomic mass is 10.1. The number of rotatable bonds is 12. The van der Waals surface area contributed by atoms with Gasteiger partial charge in [0.2, 0.25) is 5.91 Å². The Bertz CT molecular complexity index is 2200. The van der Waals surface area contributed by atoms with Crippen molar-refractivity contribution < 1.29 is 19.1 Å². The molecule has 52 heavy (non-hydrogen) atoms. The summed E-state index contributed by atoms with van der Waals surface area (Å²) in [4.78, 5) is 47.1. The number of methoxy groups -OCH3 is 1. The average molecular weight is 725 g/mol. The lowest BCUT2D eigenvalue weighted by Gasteiger charge is -2.17. The summed E-state index contributed by atoms with van der Waals surface area (Å²) in [6.07, 6.45) is 1.58. The van der Waals surface area contributed by atoms with E-state index in [-0.39, 0.29) is 11.6 Å². The lowest BCUT2D eigenvalue weighted by Crippen LogP contribution is -2.30. The first-order chi connectivity index (χ1) is 25.3. The standard InChI is InChI=1S/C42H36N4O4S2/c1-27-18-20-29(21-19-27)37-28(2)51-42(45-37)46-41(49)38(30-12-6-4-7-13-30)52-34-24-22-33(23-25-34)43-40(48)35(26-32-16-10-11-17-36(32)50-3)44-39(47)31-14-8-5-9-15-31/h4-26,38H,1-3H3,(H,43,48)(H,44,47)(H,45,46,49)/b35-26-. The highest BCUT2D eigenvalue weighted by Crippen LogP contribution is 2.38. The molecule has 1 unspecified atom stereocenters. The number of benzene rings is 5. The molecule has 8 nitrogen and oxygen atoms in total. The normalized spacial score (nSPS) is 11.7. The SMILES string of the molecule is COc1ccccc1/C=C(\NC(=O)c1ccccc1)C(=O)Nc1ccc(SC(C(=O)Nc2nc(-c3ccc(C)cc3)c(C)s2)c2ccccc2)cc1. The van der Waals surface area contributed by atoms with E-state index < -0.39 is 17.1 Å². The van der Waals surface area contributed by atoms with E-state index in [1.54, 1.807) is 61.7 Å². The van der Waals surface area contributed by atoms with Gasteiger partial charge in [0.05, 0.1) is 12.8 Å². The number of hydrogen-bond donors (Lipinski definition) is 3. The summed E-state index contributed by atoms with van der Waals surface area (Å²) in [5.74, 6) is -0.580. The van der Waals surface area contributed by atoms with Crippen LogP contribution in [0.25, 0.3) is 17.3 Å². The van der Waals surface area contributed by atoms with Crippen LogP contribution in [0, 0.1) is 13.8 Å². The number of ether oxygens (including phenoxy) is 1. The van der Waals surface area contributed by atoms with E-state index >= 15 is 0 Å². The third-order valence-electron chi connectivity index (χ3n) is 8.03. The fourth-order valence-corrected chi connectivity index (χ4v) is 7.20. The van der Waals surface area contributed by atoms with Gasteiger partial charge in [-0.15, -0.1) is 23.1 Å². The number of para-hydroxylation sites is 1. The van der Waals surface area contributed by atoms with E-state index in [1.165, 1.54) is 28.7 Å². The summed E-state index contributed by atoms with van der Waals surface area (Å²) >= 11 is 2.84. The first kappa shape index (κ1) is 35.8. The van der Waals surface area contributed by atoms with E-state index in [0.29, 0.717) is 27.7 Å². The molecule has 0 fully saturated rings. The smallest absolute Gasteiger partial charge is 0.272 e. The Morgan fingerprint density at radius 3 is 2.12 bits per heavy atom. The molecule has 3 amide bonds. The van der Waals surface area contributed by atoms with Crippen molar-refractivity contribution >= 4 is 57.7 Å². The van der Waals surface area contributed by atoms with Gasteiger partial charge in [-0.25, -0.2) is 4.98 Å². The minimum absolute atomic E-state index is 0.0422. The van der Waals surface area contributed by atoms with Crippen LogP contribution in [0.3, 0.4) is 0 Å². The molecule has 0 saturated carbocycles. The van der Waals surface area contributed by atoms with Gasteiger partial charge in [0.1, 0.15) is 16.7 Å². The monoisotopic (exact) mass is 724 g/mol. The molecule has 260 valence electrons. The second-order valence-corrected chi connectivity index (χ2v) is 14.2. The van der Waals surface area contributed by atoms with Gasteiger partial charge in [0.25, 0.3) is 11.8 Å². The van der Waals surface area contributed by atoms with Crippen molar-refractivity contribution in [3.8, 4) is 17.0 Å². The summed E-state index contributed by atoms with van der Waals surface area (Å²) in [6.45, 7) is 4.04. The highest BCUT2D eigenvalue weighted by atomic mass is 32.2. The molecule has 0 radical (unpaired) electrons. The fraction of sp³-hybridized carbons (Fsp3) is 0.0952. The van der Waals surface area contributed by atoms with Crippen molar-refractivity contribution in [1.29, 1.82) is 0 Å². The van der Waals surface area contributed by atoms with Crippen LogP contribution in [-0.2, 0) is 9.59 Å². The van der Waals surface area contributed by atoms with Gasteiger partial charge < -0.3 is 20.7 Å². The number of nitrogens with zero attached hydrogens (tertiary/aromatic N) is 1. The molecule has 1 heterocycles. The van der Waals surface area contributed by atoms with Crippen LogP contribution in [0.1, 0.15) is 37.2 Å².